The molecule has 0 atom stereocenters. The summed E-state index contributed by atoms with van der Waals surface area (Å²) in [5, 5.41) is 3.15. The minimum absolute atomic E-state index is 0.0185. The van der Waals surface area contributed by atoms with E-state index in [4.69, 9.17) is 4.74 Å². The molecule has 7 heteroatoms. The third-order valence-electron chi connectivity index (χ3n) is 3.08. The summed E-state index contributed by atoms with van der Waals surface area (Å²) in [4.78, 5) is -0.106. The van der Waals surface area contributed by atoms with Crippen LogP contribution in [0, 0.1) is 5.82 Å². The average Bonchev–Trinajstić information content (AvgIpc) is 2.46. The van der Waals surface area contributed by atoms with E-state index in [-0.39, 0.29) is 17.2 Å². The van der Waals surface area contributed by atoms with Crippen molar-refractivity contribution in [2.45, 2.75) is 11.3 Å². The van der Waals surface area contributed by atoms with E-state index in [2.05, 4.69) is 10.0 Å². The highest BCUT2D eigenvalue weighted by atomic mass is 32.2. The molecule has 0 fully saturated rings. The third-order valence-corrected chi connectivity index (χ3v) is 4.48. The number of nitrogens with one attached hydrogen (secondary N) is 2. The van der Waals surface area contributed by atoms with E-state index in [9.17, 15) is 12.8 Å². The van der Waals surface area contributed by atoms with Gasteiger partial charge in [-0.25, -0.2) is 17.5 Å². The van der Waals surface area contributed by atoms with Crippen LogP contribution < -0.4 is 14.8 Å². The summed E-state index contributed by atoms with van der Waals surface area (Å²) < 4.78 is 44.9. The Labute approximate surface area is 117 Å². The Morgan fingerprint density at radius 1 is 1.45 bits per heavy atom. The van der Waals surface area contributed by atoms with Crippen LogP contribution >= 0.6 is 0 Å². The maximum absolute atomic E-state index is 13.5. The Kier molecular flexibility index (Phi) is 4.74. The second-order valence-electron chi connectivity index (χ2n) is 4.44. The van der Waals surface area contributed by atoms with E-state index >= 15 is 0 Å². The van der Waals surface area contributed by atoms with Crippen LogP contribution in [0.4, 0.5) is 4.39 Å². The molecule has 1 aromatic carbocycles. The minimum atomic E-state index is -3.71. The quantitative estimate of drug-likeness (QED) is 0.797. The molecule has 0 saturated carbocycles. The van der Waals surface area contributed by atoms with Crippen LogP contribution in [0.15, 0.2) is 34.7 Å². The Balaban J connectivity index is 2.09. The second kappa shape index (κ2) is 6.34. The van der Waals surface area contributed by atoms with E-state index in [1.54, 1.807) is 0 Å². The molecule has 1 aliphatic rings. The van der Waals surface area contributed by atoms with Gasteiger partial charge in [0, 0.05) is 13.1 Å². The molecule has 1 aromatic rings. The van der Waals surface area contributed by atoms with Gasteiger partial charge in [0.1, 0.15) is 0 Å². The van der Waals surface area contributed by atoms with E-state index in [0.717, 1.165) is 31.1 Å². The van der Waals surface area contributed by atoms with Crippen molar-refractivity contribution in [3.05, 3.63) is 35.7 Å². The molecule has 0 spiro atoms. The zero-order chi connectivity index (χ0) is 14.6. The monoisotopic (exact) mass is 300 g/mol. The molecule has 1 aliphatic heterocycles. The van der Waals surface area contributed by atoms with Gasteiger partial charge in [0.2, 0.25) is 10.0 Å². The first kappa shape index (κ1) is 15.0. The van der Waals surface area contributed by atoms with Gasteiger partial charge in [-0.05, 0) is 31.2 Å². The van der Waals surface area contributed by atoms with Gasteiger partial charge in [0.15, 0.2) is 11.6 Å². The summed E-state index contributed by atoms with van der Waals surface area (Å²) in [5.41, 5.74) is 1.03. The summed E-state index contributed by atoms with van der Waals surface area (Å²) in [7, 11) is -2.39. The first-order chi connectivity index (χ1) is 9.53. The minimum Gasteiger partial charge on any atom is -0.494 e. The van der Waals surface area contributed by atoms with Gasteiger partial charge in [-0.1, -0.05) is 11.6 Å². The van der Waals surface area contributed by atoms with Crippen molar-refractivity contribution in [3.8, 4) is 5.75 Å². The van der Waals surface area contributed by atoms with Gasteiger partial charge in [-0.15, -0.1) is 0 Å². The highest BCUT2D eigenvalue weighted by molar-refractivity contribution is 7.89. The summed E-state index contributed by atoms with van der Waals surface area (Å²) >= 11 is 0. The lowest BCUT2D eigenvalue weighted by molar-refractivity contribution is 0.385. The van der Waals surface area contributed by atoms with E-state index in [1.807, 2.05) is 6.08 Å². The van der Waals surface area contributed by atoms with Crippen molar-refractivity contribution in [1.82, 2.24) is 10.0 Å². The topological polar surface area (TPSA) is 67.4 Å². The molecule has 20 heavy (non-hydrogen) atoms. The first-order valence-corrected chi connectivity index (χ1v) is 7.73. The van der Waals surface area contributed by atoms with Crippen molar-refractivity contribution in [2.24, 2.45) is 0 Å². The van der Waals surface area contributed by atoms with Crippen LogP contribution in [0.1, 0.15) is 6.42 Å². The molecule has 5 nitrogen and oxygen atoms in total. The average molecular weight is 300 g/mol. The number of sulfonamides is 1. The van der Waals surface area contributed by atoms with Crippen LogP contribution in [-0.2, 0) is 10.0 Å². The molecule has 2 rings (SSSR count). The number of halogens is 1. The van der Waals surface area contributed by atoms with Gasteiger partial charge in [0.05, 0.1) is 12.0 Å². The van der Waals surface area contributed by atoms with E-state index in [1.165, 1.54) is 19.2 Å². The maximum atomic E-state index is 13.5. The lowest BCUT2D eigenvalue weighted by Crippen LogP contribution is -2.29. The molecule has 0 aromatic heterocycles. The molecule has 0 radical (unpaired) electrons. The normalized spacial score (nSPS) is 15.8. The Morgan fingerprint density at radius 2 is 2.25 bits per heavy atom. The van der Waals surface area contributed by atoms with Crippen LogP contribution in [-0.4, -0.2) is 35.2 Å². The fourth-order valence-corrected chi connectivity index (χ4v) is 2.96. The molecule has 0 unspecified atom stereocenters. The lowest BCUT2D eigenvalue weighted by atomic mass is 10.1. The highest BCUT2D eigenvalue weighted by Gasteiger charge is 2.17. The third kappa shape index (κ3) is 3.56. The fourth-order valence-electron chi connectivity index (χ4n) is 1.92. The van der Waals surface area contributed by atoms with Gasteiger partial charge >= 0.3 is 0 Å². The Morgan fingerprint density at radius 3 is 2.85 bits per heavy atom. The Bertz CT molecular complexity index is 614. The Hall–Kier alpha value is -1.44. The summed E-state index contributed by atoms with van der Waals surface area (Å²) in [5.74, 6) is -0.679. The summed E-state index contributed by atoms with van der Waals surface area (Å²) in [6.45, 7) is 1.83. The smallest absolute Gasteiger partial charge is 0.240 e. The van der Waals surface area contributed by atoms with Crippen molar-refractivity contribution in [1.29, 1.82) is 0 Å². The molecule has 2 N–H and O–H groups in total. The first-order valence-electron chi connectivity index (χ1n) is 6.25. The molecule has 0 bridgehead atoms. The van der Waals surface area contributed by atoms with E-state index < -0.39 is 15.8 Å². The predicted octanol–water partition coefficient (Wildman–Crippen LogP) is 1.03. The predicted molar refractivity (Wildman–Crippen MR) is 73.7 cm³/mol. The van der Waals surface area contributed by atoms with Crippen molar-refractivity contribution >= 4 is 10.0 Å². The molecular weight excluding hydrogens is 283 g/mol. The zero-order valence-corrected chi connectivity index (χ0v) is 12.0. The fraction of sp³-hybridized carbons (Fsp3) is 0.385. The number of methoxy groups -OCH3 is 1. The maximum Gasteiger partial charge on any atom is 0.240 e. The SMILES string of the molecule is COc1ccc(S(=O)(=O)NCC2=CCNCC2)cc1F. The molecule has 0 aliphatic carbocycles. The van der Waals surface area contributed by atoms with Crippen LogP contribution in [0.2, 0.25) is 0 Å². The largest absolute Gasteiger partial charge is 0.494 e. The molecule has 110 valence electrons. The van der Waals surface area contributed by atoms with E-state index in [0.29, 0.717) is 0 Å². The highest BCUT2D eigenvalue weighted by Crippen LogP contribution is 2.20. The number of rotatable bonds is 5. The van der Waals surface area contributed by atoms with Gasteiger partial charge < -0.3 is 10.1 Å². The number of hydrogen-bond acceptors (Lipinski definition) is 4. The number of benzene rings is 1. The van der Waals surface area contributed by atoms with Gasteiger partial charge in [-0.2, -0.15) is 0 Å². The summed E-state index contributed by atoms with van der Waals surface area (Å²) in [6.07, 6.45) is 2.76. The summed E-state index contributed by atoms with van der Waals surface area (Å²) in [6, 6.07) is 3.58. The zero-order valence-electron chi connectivity index (χ0n) is 11.1. The molecule has 0 amide bonds. The number of ether oxygens (including phenoxy) is 1. The molecule has 1 heterocycles. The van der Waals surface area contributed by atoms with Crippen molar-refractivity contribution < 1.29 is 17.5 Å². The lowest BCUT2D eigenvalue weighted by Gasteiger charge is -2.15. The molecule has 0 saturated heterocycles. The van der Waals surface area contributed by atoms with Gasteiger partial charge in [-0.3, -0.25) is 0 Å². The van der Waals surface area contributed by atoms with Gasteiger partial charge in [0.25, 0.3) is 0 Å². The second-order valence-corrected chi connectivity index (χ2v) is 6.20. The number of hydrogen-bond donors (Lipinski definition) is 2. The van der Waals surface area contributed by atoms with Crippen LogP contribution in [0.5, 0.6) is 5.75 Å². The van der Waals surface area contributed by atoms with Crippen LogP contribution in [0.3, 0.4) is 0 Å². The molecular formula is C13H17FN2O3S. The standard InChI is InChI=1S/C13H17FN2O3S/c1-19-13-3-2-11(8-12(13)14)20(17,18)16-9-10-4-6-15-7-5-10/h2-4,8,15-16H,5-7,9H2,1H3. The van der Waals surface area contributed by atoms with Crippen molar-refractivity contribution in [3.63, 3.8) is 0 Å². The van der Waals surface area contributed by atoms with Crippen LogP contribution in [0.25, 0.3) is 0 Å². The van der Waals surface area contributed by atoms with Crippen molar-refractivity contribution in [2.75, 3.05) is 26.7 Å².